The van der Waals surface area contributed by atoms with E-state index < -0.39 is 0 Å². The molecular weight excluding hydrogens is 372 g/mol. The van der Waals surface area contributed by atoms with Gasteiger partial charge < -0.3 is 15.4 Å². The third-order valence-corrected chi connectivity index (χ3v) is 5.11. The molecule has 2 heterocycles. The monoisotopic (exact) mass is 384 g/mol. The smallest absolute Gasteiger partial charge is 0.265 e. The second kappa shape index (κ2) is 6.48. The largest absolute Gasteiger partial charge is 0.454 e. The molecule has 0 fully saturated rings. The van der Waals surface area contributed by atoms with E-state index in [2.05, 4.69) is 10.6 Å². The number of ether oxygens (including phenoxy) is 1. The van der Waals surface area contributed by atoms with E-state index in [1.807, 2.05) is 25.1 Å². The fourth-order valence-corrected chi connectivity index (χ4v) is 3.58. The summed E-state index contributed by atoms with van der Waals surface area (Å²) in [5, 5.41) is 5.61. The fraction of sp³-hybridized carbons (Fsp3) is 0.0526. The van der Waals surface area contributed by atoms with Crippen LogP contribution < -0.4 is 15.4 Å². The SMILES string of the molecule is Cc1ccc2c(c1)NC(=O)c1cc(NC(=O)c3ccc(Cl)s3)ccc1O2. The summed E-state index contributed by atoms with van der Waals surface area (Å²) < 4.78 is 6.40. The van der Waals surface area contributed by atoms with Crippen molar-refractivity contribution in [3.05, 3.63) is 68.9 Å². The average Bonchev–Trinajstić information content (AvgIpc) is 2.99. The van der Waals surface area contributed by atoms with Crippen LogP contribution in [0.25, 0.3) is 0 Å². The molecular formula is C19H13ClN2O3S. The molecule has 0 bridgehead atoms. The van der Waals surface area contributed by atoms with Gasteiger partial charge in [0.1, 0.15) is 5.75 Å². The molecule has 0 saturated carbocycles. The Balaban J connectivity index is 1.63. The molecule has 0 saturated heterocycles. The number of rotatable bonds is 2. The number of carbonyl (C=O) groups excluding carboxylic acids is 2. The van der Waals surface area contributed by atoms with Crippen molar-refractivity contribution < 1.29 is 14.3 Å². The second-order valence-electron chi connectivity index (χ2n) is 5.82. The second-order valence-corrected chi connectivity index (χ2v) is 7.54. The molecule has 0 spiro atoms. The number of halogens is 1. The van der Waals surface area contributed by atoms with Crippen molar-refractivity contribution in [2.75, 3.05) is 10.6 Å². The number of amides is 2. The zero-order chi connectivity index (χ0) is 18.3. The summed E-state index contributed by atoms with van der Waals surface area (Å²) in [6.45, 7) is 1.94. The first-order valence-corrected chi connectivity index (χ1v) is 8.99. The lowest BCUT2D eigenvalue weighted by Crippen LogP contribution is -2.13. The molecule has 2 aromatic carbocycles. The molecule has 0 unspecified atom stereocenters. The lowest BCUT2D eigenvalue weighted by Gasteiger charge is -2.09. The van der Waals surface area contributed by atoms with Gasteiger partial charge in [-0.05, 0) is 55.0 Å². The van der Waals surface area contributed by atoms with E-state index >= 15 is 0 Å². The first kappa shape index (κ1) is 16.6. The normalized spacial score (nSPS) is 12.3. The Hall–Kier alpha value is -2.83. The number of benzene rings is 2. The summed E-state index contributed by atoms with van der Waals surface area (Å²) in [7, 11) is 0. The Morgan fingerprint density at radius 1 is 1.12 bits per heavy atom. The van der Waals surface area contributed by atoms with Crippen molar-refractivity contribution in [2.45, 2.75) is 6.92 Å². The standard InChI is InChI=1S/C19H13ClN2O3S/c1-10-2-4-15-13(8-10)22-18(23)12-9-11(3-5-14(12)25-15)21-19(24)16-6-7-17(20)26-16/h2-9H,1H3,(H,21,24)(H,22,23). The van der Waals surface area contributed by atoms with Crippen LogP contribution in [0.15, 0.2) is 48.5 Å². The van der Waals surface area contributed by atoms with Crippen LogP contribution in [0, 0.1) is 6.92 Å². The van der Waals surface area contributed by atoms with E-state index in [1.165, 1.54) is 11.3 Å². The molecule has 0 aliphatic carbocycles. The fourth-order valence-electron chi connectivity index (χ4n) is 2.64. The number of thiophene rings is 1. The third kappa shape index (κ3) is 3.16. The molecule has 4 rings (SSSR count). The van der Waals surface area contributed by atoms with Crippen LogP contribution in [0.2, 0.25) is 4.34 Å². The van der Waals surface area contributed by atoms with Gasteiger partial charge in [-0.25, -0.2) is 0 Å². The minimum atomic E-state index is -0.292. The summed E-state index contributed by atoms with van der Waals surface area (Å²) >= 11 is 7.05. The molecule has 2 N–H and O–H groups in total. The first-order valence-electron chi connectivity index (χ1n) is 7.80. The number of hydrogen-bond acceptors (Lipinski definition) is 4. The summed E-state index contributed by atoms with van der Waals surface area (Å²) in [5.41, 5.74) is 2.48. The number of nitrogens with one attached hydrogen (secondary N) is 2. The van der Waals surface area contributed by atoms with Crippen molar-refractivity contribution in [2.24, 2.45) is 0 Å². The van der Waals surface area contributed by atoms with Gasteiger partial charge in [0.15, 0.2) is 5.75 Å². The summed E-state index contributed by atoms with van der Waals surface area (Å²) in [5.74, 6) is 0.435. The van der Waals surface area contributed by atoms with Gasteiger partial charge in [0.05, 0.1) is 20.5 Å². The highest BCUT2D eigenvalue weighted by Crippen LogP contribution is 2.37. The van der Waals surface area contributed by atoms with Crippen LogP contribution >= 0.6 is 22.9 Å². The van der Waals surface area contributed by atoms with Crippen LogP contribution in [-0.4, -0.2) is 11.8 Å². The topological polar surface area (TPSA) is 67.4 Å². The predicted molar refractivity (Wildman–Crippen MR) is 103 cm³/mol. The van der Waals surface area contributed by atoms with Crippen LogP contribution in [0.3, 0.4) is 0 Å². The molecule has 130 valence electrons. The number of fused-ring (bicyclic) bond motifs is 2. The van der Waals surface area contributed by atoms with Crippen molar-refractivity contribution in [3.63, 3.8) is 0 Å². The van der Waals surface area contributed by atoms with E-state index in [9.17, 15) is 9.59 Å². The Labute approximate surface area is 158 Å². The van der Waals surface area contributed by atoms with E-state index in [-0.39, 0.29) is 11.8 Å². The summed E-state index contributed by atoms with van der Waals surface area (Å²) in [6.07, 6.45) is 0. The molecule has 1 aliphatic heterocycles. The molecule has 3 aromatic rings. The van der Waals surface area contributed by atoms with Crippen LogP contribution in [-0.2, 0) is 0 Å². The third-order valence-electron chi connectivity index (χ3n) is 3.88. The van der Waals surface area contributed by atoms with Gasteiger partial charge in [0, 0.05) is 5.69 Å². The summed E-state index contributed by atoms with van der Waals surface area (Å²) in [6, 6.07) is 13.9. The minimum absolute atomic E-state index is 0.282. The average molecular weight is 385 g/mol. The number of carbonyl (C=O) groups is 2. The number of anilines is 2. The lowest BCUT2D eigenvalue weighted by atomic mass is 10.1. The van der Waals surface area contributed by atoms with Gasteiger partial charge in [-0.15, -0.1) is 11.3 Å². The zero-order valence-corrected chi connectivity index (χ0v) is 15.2. The Morgan fingerprint density at radius 2 is 1.92 bits per heavy atom. The van der Waals surface area contributed by atoms with Gasteiger partial charge in [-0.3, -0.25) is 9.59 Å². The van der Waals surface area contributed by atoms with E-state index in [0.29, 0.717) is 37.7 Å². The molecule has 7 heteroatoms. The minimum Gasteiger partial charge on any atom is -0.454 e. The molecule has 1 aliphatic rings. The molecule has 0 atom stereocenters. The summed E-state index contributed by atoms with van der Waals surface area (Å²) in [4.78, 5) is 25.3. The zero-order valence-electron chi connectivity index (χ0n) is 13.6. The predicted octanol–water partition coefficient (Wildman–Crippen LogP) is 5.32. The maximum Gasteiger partial charge on any atom is 0.265 e. The molecule has 26 heavy (non-hydrogen) atoms. The molecule has 2 amide bonds. The van der Waals surface area contributed by atoms with Gasteiger partial charge in [-0.1, -0.05) is 17.7 Å². The van der Waals surface area contributed by atoms with Gasteiger partial charge in [-0.2, -0.15) is 0 Å². The highest BCUT2D eigenvalue weighted by molar-refractivity contribution is 7.18. The highest BCUT2D eigenvalue weighted by Gasteiger charge is 2.22. The Morgan fingerprint density at radius 3 is 2.69 bits per heavy atom. The van der Waals surface area contributed by atoms with E-state index in [4.69, 9.17) is 16.3 Å². The van der Waals surface area contributed by atoms with Crippen molar-refractivity contribution in [1.29, 1.82) is 0 Å². The van der Waals surface area contributed by atoms with Crippen LogP contribution in [0.5, 0.6) is 11.5 Å². The Bertz CT molecular complexity index is 1050. The first-order chi connectivity index (χ1) is 12.5. The van der Waals surface area contributed by atoms with Crippen molar-refractivity contribution in [1.82, 2.24) is 0 Å². The number of hydrogen-bond donors (Lipinski definition) is 2. The molecule has 0 radical (unpaired) electrons. The van der Waals surface area contributed by atoms with Crippen LogP contribution in [0.1, 0.15) is 25.6 Å². The van der Waals surface area contributed by atoms with Gasteiger partial charge in [0.25, 0.3) is 11.8 Å². The quantitative estimate of drug-likeness (QED) is 0.628. The molecule has 5 nitrogen and oxygen atoms in total. The van der Waals surface area contributed by atoms with Crippen LogP contribution in [0.4, 0.5) is 11.4 Å². The maximum absolute atomic E-state index is 12.6. The van der Waals surface area contributed by atoms with Gasteiger partial charge in [0.2, 0.25) is 0 Å². The lowest BCUT2D eigenvalue weighted by molar-refractivity contribution is 0.101. The number of aryl methyl sites for hydroxylation is 1. The molecule has 1 aromatic heterocycles. The maximum atomic E-state index is 12.6. The van der Waals surface area contributed by atoms with Crippen molar-refractivity contribution in [3.8, 4) is 11.5 Å². The van der Waals surface area contributed by atoms with Crippen molar-refractivity contribution >= 4 is 46.1 Å². The van der Waals surface area contributed by atoms with E-state index in [1.54, 1.807) is 30.3 Å². The van der Waals surface area contributed by atoms with E-state index in [0.717, 1.165) is 5.56 Å². The van der Waals surface area contributed by atoms with Gasteiger partial charge >= 0.3 is 0 Å². The Kier molecular flexibility index (Phi) is 4.14. The highest BCUT2D eigenvalue weighted by atomic mass is 35.5.